The van der Waals surface area contributed by atoms with E-state index in [0.717, 1.165) is 57.4 Å². The predicted molar refractivity (Wildman–Crippen MR) is 102 cm³/mol. The molecule has 1 saturated heterocycles. The van der Waals surface area contributed by atoms with Gasteiger partial charge in [-0.2, -0.15) is 0 Å². The number of hydrogen-bond donors (Lipinski definition) is 1. The van der Waals surface area contributed by atoms with E-state index in [0.29, 0.717) is 6.61 Å². The quantitative estimate of drug-likeness (QED) is 0.736. The number of aryl methyl sites for hydroxylation is 1. The number of aromatic nitrogens is 2. The third kappa shape index (κ3) is 4.73. The number of piperidine rings is 1. The van der Waals surface area contributed by atoms with E-state index in [1.54, 1.807) is 6.33 Å². The van der Waals surface area contributed by atoms with Gasteiger partial charge in [0.05, 0.1) is 18.3 Å². The van der Waals surface area contributed by atoms with Gasteiger partial charge in [0, 0.05) is 18.4 Å². The van der Waals surface area contributed by atoms with Crippen LogP contribution in [0.15, 0.2) is 42.9 Å². The summed E-state index contributed by atoms with van der Waals surface area (Å²) in [5, 5.41) is 0. The summed E-state index contributed by atoms with van der Waals surface area (Å²) in [6, 6.07) is 10.5. The number of carbonyl (C=O) groups excluding carboxylic acids is 1. The fraction of sp³-hybridized carbons (Fsp3) is 0.524. The lowest BCUT2D eigenvalue weighted by Gasteiger charge is -2.40. The summed E-state index contributed by atoms with van der Waals surface area (Å²) in [7, 11) is 0. The number of ether oxygens (including phenoxy) is 1. The third-order valence-corrected chi connectivity index (χ3v) is 5.43. The number of nitrogens with zero attached hydrogens (tertiary/aromatic N) is 2. The first-order valence-corrected chi connectivity index (χ1v) is 9.62. The molecule has 3 rings (SSSR count). The summed E-state index contributed by atoms with van der Waals surface area (Å²) in [6.07, 6.45) is 8.25. The molecule has 1 aromatic heterocycles. The molecule has 0 amide bonds. The highest BCUT2D eigenvalue weighted by atomic mass is 16.5. The molecule has 1 aromatic carbocycles. The second-order valence-electron chi connectivity index (χ2n) is 7.19. The first-order chi connectivity index (χ1) is 12.7. The van der Waals surface area contributed by atoms with Gasteiger partial charge in [-0.15, -0.1) is 0 Å². The molecular weight excluding hydrogens is 326 g/mol. The van der Waals surface area contributed by atoms with E-state index in [2.05, 4.69) is 39.1 Å². The van der Waals surface area contributed by atoms with Gasteiger partial charge >= 0.3 is 5.97 Å². The average Bonchev–Trinajstić information content (AvgIpc) is 3.17. The van der Waals surface area contributed by atoms with Gasteiger partial charge in [0.25, 0.3) is 0 Å². The van der Waals surface area contributed by atoms with Crippen molar-refractivity contribution in [2.24, 2.45) is 5.41 Å². The van der Waals surface area contributed by atoms with Crippen LogP contribution < -0.4 is 0 Å². The predicted octanol–water partition coefficient (Wildman–Crippen LogP) is 3.58. The van der Waals surface area contributed by atoms with Crippen LogP contribution in [0.4, 0.5) is 0 Å². The molecule has 1 aliphatic heterocycles. The van der Waals surface area contributed by atoms with Crippen molar-refractivity contribution in [3.8, 4) is 0 Å². The highest BCUT2D eigenvalue weighted by Crippen LogP contribution is 2.38. The number of likely N-dealkylation sites (tertiary alicyclic amines) is 1. The smallest absolute Gasteiger partial charge is 0.312 e. The molecule has 1 fully saturated rings. The van der Waals surface area contributed by atoms with Crippen molar-refractivity contribution < 1.29 is 9.53 Å². The van der Waals surface area contributed by atoms with Crippen molar-refractivity contribution in [1.82, 2.24) is 14.9 Å². The number of rotatable bonds is 8. The minimum absolute atomic E-state index is 0.00532. The third-order valence-electron chi connectivity index (χ3n) is 5.43. The second-order valence-corrected chi connectivity index (χ2v) is 7.19. The van der Waals surface area contributed by atoms with E-state index < -0.39 is 0 Å². The fourth-order valence-electron chi connectivity index (χ4n) is 3.87. The van der Waals surface area contributed by atoms with Crippen molar-refractivity contribution in [3.05, 3.63) is 54.1 Å². The first kappa shape index (κ1) is 18.6. The zero-order chi connectivity index (χ0) is 18.2. The normalized spacial score (nSPS) is 17.1. The zero-order valence-corrected chi connectivity index (χ0v) is 15.6. The van der Waals surface area contributed by atoms with E-state index in [9.17, 15) is 4.79 Å². The lowest BCUT2D eigenvalue weighted by atomic mass is 9.74. The van der Waals surface area contributed by atoms with Crippen LogP contribution in [0.3, 0.4) is 0 Å². The molecular formula is C21H29N3O2. The van der Waals surface area contributed by atoms with Gasteiger partial charge in [0.1, 0.15) is 0 Å². The van der Waals surface area contributed by atoms with E-state index in [-0.39, 0.29) is 11.4 Å². The summed E-state index contributed by atoms with van der Waals surface area (Å²) in [6.45, 7) is 5.05. The van der Waals surface area contributed by atoms with Crippen molar-refractivity contribution in [1.29, 1.82) is 0 Å². The monoisotopic (exact) mass is 355 g/mol. The molecule has 140 valence electrons. The fourth-order valence-corrected chi connectivity index (χ4v) is 3.87. The van der Waals surface area contributed by atoms with Crippen LogP contribution in [-0.4, -0.2) is 40.5 Å². The molecule has 0 bridgehead atoms. The molecule has 0 atom stereocenters. The molecule has 0 spiro atoms. The number of esters is 1. The average molecular weight is 355 g/mol. The Kier molecular flexibility index (Phi) is 6.45. The van der Waals surface area contributed by atoms with Gasteiger partial charge in [-0.3, -0.25) is 9.69 Å². The maximum atomic E-state index is 12.7. The van der Waals surface area contributed by atoms with Crippen LogP contribution >= 0.6 is 0 Å². The van der Waals surface area contributed by atoms with Crippen molar-refractivity contribution >= 4 is 5.97 Å². The van der Waals surface area contributed by atoms with Gasteiger partial charge in [0.2, 0.25) is 0 Å². The molecule has 0 aliphatic carbocycles. The van der Waals surface area contributed by atoms with Gasteiger partial charge in [-0.05, 0) is 57.7 Å². The highest BCUT2D eigenvalue weighted by molar-refractivity contribution is 5.77. The second kappa shape index (κ2) is 8.99. The summed E-state index contributed by atoms with van der Waals surface area (Å²) in [4.78, 5) is 22.4. The number of benzene rings is 1. The Morgan fingerprint density at radius 1 is 1.27 bits per heavy atom. The number of imidazole rings is 1. The topological polar surface area (TPSA) is 58.2 Å². The summed E-state index contributed by atoms with van der Waals surface area (Å²) >= 11 is 0. The lowest BCUT2D eigenvalue weighted by molar-refractivity contribution is -0.159. The number of nitrogens with one attached hydrogen (secondary N) is 1. The number of H-pyrrole nitrogens is 1. The van der Waals surface area contributed by atoms with Crippen molar-refractivity contribution in [2.75, 3.05) is 19.7 Å². The van der Waals surface area contributed by atoms with E-state index in [1.807, 2.05) is 19.2 Å². The Morgan fingerprint density at radius 3 is 2.69 bits per heavy atom. The van der Waals surface area contributed by atoms with Crippen molar-refractivity contribution in [2.45, 2.75) is 45.6 Å². The molecule has 1 aliphatic rings. The Morgan fingerprint density at radius 2 is 2.04 bits per heavy atom. The summed E-state index contributed by atoms with van der Waals surface area (Å²) in [5.74, 6) is -0.00532. The molecule has 2 heterocycles. The van der Waals surface area contributed by atoms with Crippen molar-refractivity contribution in [3.63, 3.8) is 0 Å². The number of hydrogen-bond acceptors (Lipinski definition) is 4. The SMILES string of the molecule is CCOC(=O)C1(CCCc2ccccc2)CCN(Cc2cnc[nH]2)CC1. The molecule has 0 radical (unpaired) electrons. The highest BCUT2D eigenvalue weighted by Gasteiger charge is 2.42. The summed E-state index contributed by atoms with van der Waals surface area (Å²) in [5.41, 5.74) is 2.14. The Balaban J connectivity index is 1.57. The van der Waals surface area contributed by atoms with Gasteiger partial charge in [-0.1, -0.05) is 30.3 Å². The molecule has 5 nitrogen and oxygen atoms in total. The van der Waals surface area contributed by atoms with E-state index in [1.165, 1.54) is 5.56 Å². The van der Waals surface area contributed by atoms with Crippen LogP contribution in [-0.2, 0) is 22.5 Å². The lowest BCUT2D eigenvalue weighted by Crippen LogP contribution is -2.45. The van der Waals surface area contributed by atoms with Gasteiger partial charge < -0.3 is 9.72 Å². The summed E-state index contributed by atoms with van der Waals surface area (Å²) < 4.78 is 5.45. The van der Waals surface area contributed by atoms with Gasteiger partial charge in [0.15, 0.2) is 0 Å². The maximum absolute atomic E-state index is 12.7. The Labute approximate surface area is 155 Å². The molecule has 0 unspecified atom stereocenters. The number of aromatic amines is 1. The maximum Gasteiger partial charge on any atom is 0.312 e. The van der Waals surface area contributed by atoms with E-state index >= 15 is 0 Å². The molecule has 1 N–H and O–H groups in total. The van der Waals surface area contributed by atoms with Gasteiger partial charge in [-0.25, -0.2) is 4.98 Å². The van der Waals surface area contributed by atoms with E-state index in [4.69, 9.17) is 4.74 Å². The Hall–Kier alpha value is -2.14. The molecule has 2 aromatic rings. The largest absolute Gasteiger partial charge is 0.466 e. The standard InChI is InChI=1S/C21H29N3O2/c1-2-26-20(25)21(10-6-9-18-7-4-3-5-8-18)11-13-24(14-12-21)16-19-15-22-17-23-19/h3-5,7-8,15,17H,2,6,9-14,16H2,1H3,(H,22,23). The van der Waals surface area contributed by atoms with Crippen LogP contribution in [0.1, 0.15) is 43.9 Å². The van der Waals surface area contributed by atoms with Crippen LogP contribution in [0.2, 0.25) is 0 Å². The minimum Gasteiger partial charge on any atom is -0.466 e. The zero-order valence-electron chi connectivity index (χ0n) is 15.6. The molecule has 0 saturated carbocycles. The minimum atomic E-state index is -0.324. The Bertz CT molecular complexity index is 662. The number of carbonyl (C=O) groups is 1. The van der Waals surface area contributed by atoms with Crippen LogP contribution in [0.5, 0.6) is 0 Å². The molecule has 5 heteroatoms. The molecule has 26 heavy (non-hydrogen) atoms. The van der Waals surface area contributed by atoms with Crippen LogP contribution in [0.25, 0.3) is 0 Å². The first-order valence-electron chi connectivity index (χ1n) is 9.62. The van der Waals surface area contributed by atoms with Crippen LogP contribution in [0, 0.1) is 5.41 Å².